The Kier molecular flexibility index (Phi) is 3.15. The van der Waals surface area contributed by atoms with Gasteiger partial charge in [0.25, 0.3) is 0 Å². The summed E-state index contributed by atoms with van der Waals surface area (Å²) in [6, 6.07) is 7.80. The van der Waals surface area contributed by atoms with E-state index in [1.807, 2.05) is 43.1 Å². The van der Waals surface area contributed by atoms with Crippen LogP contribution in [0.4, 0.5) is 11.5 Å². The van der Waals surface area contributed by atoms with Gasteiger partial charge in [-0.15, -0.1) is 0 Å². The highest BCUT2D eigenvalue weighted by Crippen LogP contribution is 2.28. The van der Waals surface area contributed by atoms with Crippen molar-refractivity contribution in [2.45, 2.75) is 6.92 Å². The molecule has 0 spiro atoms. The van der Waals surface area contributed by atoms with Crippen LogP contribution in [-0.2, 0) is 0 Å². The fourth-order valence-electron chi connectivity index (χ4n) is 1.95. The van der Waals surface area contributed by atoms with Gasteiger partial charge in [0.15, 0.2) is 0 Å². The van der Waals surface area contributed by atoms with Crippen LogP contribution in [0.15, 0.2) is 24.3 Å². The predicted octanol–water partition coefficient (Wildman–Crippen LogP) is 1.55. The fourth-order valence-corrected chi connectivity index (χ4v) is 1.95. The maximum absolute atomic E-state index is 9.00. The van der Waals surface area contributed by atoms with Crippen molar-refractivity contribution in [3.63, 3.8) is 0 Å². The van der Waals surface area contributed by atoms with Crippen LogP contribution in [0.3, 0.4) is 0 Å². The summed E-state index contributed by atoms with van der Waals surface area (Å²) in [4.78, 5) is 6.46. The second-order valence-corrected chi connectivity index (χ2v) is 4.17. The molecule has 0 bridgehead atoms. The molecule has 0 aliphatic heterocycles. The molecule has 0 radical (unpaired) electrons. The largest absolute Gasteiger partial charge is 0.398 e. The number of anilines is 2. The van der Waals surface area contributed by atoms with Gasteiger partial charge in [-0.25, -0.2) is 4.98 Å². The number of pyridine rings is 1. The lowest BCUT2D eigenvalue weighted by atomic mass is 10.1. The molecule has 0 unspecified atom stereocenters. The fraction of sp³-hybridized carbons (Fsp3) is 0.308. The molecule has 0 aliphatic rings. The molecule has 2 aromatic rings. The summed E-state index contributed by atoms with van der Waals surface area (Å²) in [5.74, 6) is 0.862. The zero-order chi connectivity index (χ0) is 12.4. The third-order valence-corrected chi connectivity index (χ3v) is 2.81. The Labute approximate surface area is 101 Å². The van der Waals surface area contributed by atoms with Crippen molar-refractivity contribution in [1.82, 2.24) is 4.98 Å². The number of aliphatic hydroxyl groups is 1. The van der Waals surface area contributed by atoms with Crippen LogP contribution >= 0.6 is 0 Å². The quantitative estimate of drug-likeness (QED) is 0.787. The van der Waals surface area contributed by atoms with Crippen LogP contribution < -0.4 is 10.6 Å². The topological polar surface area (TPSA) is 62.4 Å². The van der Waals surface area contributed by atoms with E-state index >= 15 is 0 Å². The van der Waals surface area contributed by atoms with Gasteiger partial charge < -0.3 is 15.7 Å². The third-order valence-electron chi connectivity index (χ3n) is 2.81. The molecule has 1 aromatic heterocycles. The SMILES string of the molecule is Cc1cc2c(N)cccc2c(N(C)CCO)n1. The predicted molar refractivity (Wildman–Crippen MR) is 71.2 cm³/mol. The van der Waals surface area contributed by atoms with Gasteiger partial charge in [-0.3, -0.25) is 0 Å². The Morgan fingerprint density at radius 2 is 2.12 bits per heavy atom. The van der Waals surface area contributed by atoms with Crippen LogP contribution in [-0.4, -0.2) is 30.3 Å². The molecule has 0 fully saturated rings. The van der Waals surface area contributed by atoms with Crippen molar-refractivity contribution in [2.24, 2.45) is 0 Å². The van der Waals surface area contributed by atoms with E-state index < -0.39 is 0 Å². The number of fused-ring (bicyclic) bond motifs is 1. The van der Waals surface area contributed by atoms with Crippen LogP contribution in [0.25, 0.3) is 10.8 Å². The molecule has 90 valence electrons. The van der Waals surface area contributed by atoms with Gasteiger partial charge >= 0.3 is 0 Å². The number of hydrogen-bond acceptors (Lipinski definition) is 4. The Morgan fingerprint density at radius 1 is 1.35 bits per heavy atom. The lowest BCUT2D eigenvalue weighted by molar-refractivity contribution is 0.304. The van der Waals surface area contributed by atoms with E-state index in [1.54, 1.807) is 0 Å². The minimum Gasteiger partial charge on any atom is -0.398 e. The van der Waals surface area contributed by atoms with E-state index in [0.29, 0.717) is 6.54 Å². The number of aliphatic hydroxyl groups excluding tert-OH is 1. The van der Waals surface area contributed by atoms with Gasteiger partial charge in [0, 0.05) is 35.7 Å². The van der Waals surface area contributed by atoms with E-state index in [1.165, 1.54) is 0 Å². The Bertz CT molecular complexity index is 539. The average molecular weight is 231 g/mol. The van der Waals surface area contributed by atoms with Gasteiger partial charge in [-0.05, 0) is 19.1 Å². The van der Waals surface area contributed by atoms with E-state index in [4.69, 9.17) is 10.8 Å². The lowest BCUT2D eigenvalue weighted by Gasteiger charge is -2.19. The molecule has 17 heavy (non-hydrogen) atoms. The zero-order valence-corrected chi connectivity index (χ0v) is 10.1. The number of nitrogens with two attached hydrogens (primary N) is 1. The highest BCUT2D eigenvalue weighted by Gasteiger charge is 2.09. The molecule has 3 N–H and O–H groups in total. The summed E-state index contributed by atoms with van der Waals surface area (Å²) >= 11 is 0. The van der Waals surface area contributed by atoms with Crippen LogP contribution in [0.2, 0.25) is 0 Å². The number of nitrogens with zero attached hydrogens (tertiary/aromatic N) is 2. The van der Waals surface area contributed by atoms with E-state index in [-0.39, 0.29) is 6.61 Å². The first-order valence-electron chi connectivity index (χ1n) is 5.61. The van der Waals surface area contributed by atoms with Crippen LogP contribution in [0.1, 0.15) is 5.69 Å². The number of nitrogen functional groups attached to an aromatic ring is 1. The molecule has 2 rings (SSSR count). The molecular formula is C13H17N3O. The van der Waals surface area contributed by atoms with E-state index in [0.717, 1.165) is 28.0 Å². The standard InChI is InChI=1S/C13H17N3O/c1-9-8-11-10(4-3-5-12(11)14)13(15-9)16(2)6-7-17/h3-5,8,17H,6-7,14H2,1-2H3. The maximum Gasteiger partial charge on any atom is 0.136 e. The van der Waals surface area contributed by atoms with Gasteiger partial charge in [-0.1, -0.05) is 12.1 Å². The summed E-state index contributed by atoms with van der Waals surface area (Å²) in [6.45, 7) is 2.61. The van der Waals surface area contributed by atoms with Crippen molar-refractivity contribution in [3.05, 3.63) is 30.0 Å². The van der Waals surface area contributed by atoms with E-state index in [2.05, 4.69) is 4.98 Å². The Morgan fingerprint density at radius 3 is 2.82 bits per heavy atom. The zero-order valence-electron chi connectivity index (χ0n) is 10.1. The van der Waals surface area contributed by atoms with Gasteiger partial charge in [-0.2, -0.15) is 0 Å². The highest BCUT2D eigenvalue weighted by atomic mass is 16.3. The molecule has 0 saturated heterocycles. The smallest absolute Gasteiger partial charge is 0.136 e. The number of aromatic nitrogens is 1. The van der Waals surface area contributed by atoms with Gasteiger partial charge in [0.2, 0.25) is 0 Å². The highest BCUT2D eigenvalue weighted by molar-refractivity contribution is 5.99. The molecule has 0 amide bonds. The second-order valence-electron chi connectivity index (χ2n) is 4.17. The molecule has 4 heteroatoms. The number of likely N-dealkylation sites (N-methyl/N-ethyl adjacent to an activating group) is 1. The van der Waals surface area contributed by atoms with Crippen LogP contribution in [0.5, 0.6) is 0 Å². The number of benzene rings is 1. The summed E-state index contributed by atoms with van der Waals surface area (Å²) in [6.07, 6.45) is 0. The van der Waals surface area contributed by atoms with Gasteiger partial charge in [0.05, 0.1) is 6.61 Å². The van der Waals surface area contributed by atoms with Crippen molar-refractivity contribution < 1.29 is 5.11 Å². The molecule has 1 heterocycles. The minimum absolute atomic E-state index is 0.107. The minimum atomic E-state index is 0.107. The first kappa shape index (κ1) is 11.7. The summed E-state index contributed by atoms with van der Waals surface area (Å²) in [5.41, 5.74) is 7.65. The van der Waals surface area contributed by atoms with Crippen molar-refractivity contribution in [3.8, 4) is 0 Å². The molecule has 4 nitrogen and oxygen atoms in total. The third kappa shape index (κ3) is 2.17. The Balaban J connectivity index is 2.65. The Hall–Kier alpha value is -1.81. The second kappa shape index (κ2) is 4.59. The summed E-state index contributed by atoms with van der Waals surface area (Å²) in [7, 11) is 1.92. The summed E-state index contributed by atoms with van der Waals surface area (Å²) in [5, 5.41) is 11.0. The lowest BCUT2D eigenvalue weighted by Crippen LogP contribution is -2.22. The average Bonchev–Trinajstić information content (AvgIpc) is 2.30. The first-order valence-corrected chi connectivity index (χ1v) is 5.61. The monoisotopic (exact) mass is 231 g/mol. The van der Waals surface area contributed by atoms with Crippen LogP contribution in [0, 0.1) is 6.92 Å². The van der Waals surface area contributed by atoms with E-state index in [9.17, 15) is 0 Å². The molecule has 0 aliphatic carbocycles. The number of hydrogen-bond donors (Lipinski definition) is 2. The van der Waals surface area contributed by atoms with Gasteiger partial charge in [0.1, 0.15) is 5.82 Å². The normalized spacial score (nSPS) is 10.8. The number of rotatable bonds is 3. The molecule has 0 saturated carbocycles. The van der Waals surface area contributed by atoms with Crippen molar-refractivity contribution >= 4 is 22.3 Å². The molecular weight excluding hydrogens is 214 g/mol. The molecule has 0 atom stereocenters. The number of aryl methyl sites for hydroxylation is 1. The maximum atomic E-state index is 9.00. The molecule has 1 aromatic carbocycles. The van der Waals surface area contributed by atoms with Crippen molar-refractivity contribution in [1.29, 1.82) is 0 Å². The first-order chi connectivity index (χ1) is 8.13. The summed E-state index contributed by atoms with van der Waals surface area (Å²) < 4.78 is 0. The van der Waals surface area contributed by atoms with Crippen molar-refractivity contribution in [2.75, 3.05) is 30.8 Å².